The molecule has 0 radical (unpaired) electrons. The second kappa shape index (κ2) is 9.13. The van der Waals surface area contributed by atoms with Gasteiger partial charge >= 0.3 is 6.61 Å². The number of methoxy groups -OCH3 is 1. The van der Waals surface area contributed by atoms with Crippen molar-refractivity contribution in [2.24, 2.45) is 28.7 Å². The predicted octanol–water partition coefficient (Wildman–Crippen LogP) is 1.77. The molecule has 2 N–H and O–H groups in total. The lowest BCUT2D eigenvalue weighted by Gasteiger charge is -2.19. The fraction of sp³-hybridized carbons (Fsp3) is 0.500. The summed E-state index contributed by atoms with van der Waals surface area (Å²) in [4.78, 5) is 30.9. The third-order valence-corrected chi connectivity index (χ3v) is 6.32. The summed E-state index contributed by atoms with van der Waals surface area (Å²) in [7, 11) is 2.97. The maximum absolute atomic E-state index is 12.7. The van der Waals surface area contributed by atoms with Gasteiger partial charge in [-0.05, 0) is 36.0 Å². The molecule has 3 aliphatic rings. The van der Waals surface area contributed by atoms with E-state index in [0.717, 1.165) is 6.42 Å². The van der Waals surface area contributed by atoms with E-state index < -0.39 is 6.61 Å². The quantitative estimate of drug-likeness (QED) is 0.273. The predicted molar refractivity (Wildman–Crippen MR) is 112 cm³/mol. The van der Waals surface area contributed by atoms with Crippen LogP contribution in [-0.2, 0) is 16.1 Å². The first-order valence-electron chi connectivity index (χ1n) is 10.5. The minimum Gasteiger partial charge on any atom is -0.493 e. The Morgan fingerprint density at radius 3 is 2.44 bits per heavy atom. The van der Waals surface area contributed by atoms with Crippen LogP contribution in [0.1, 0.15) is 12.0 Å². The standard InChI is InChI=1S/C22H26F2N4O4/c1-25-22(27-11-12-3-6-15(31-2)16(9-12)32-21(23)24)26-7-8-28-19(29)17-13-4-5-14(10-13)18(17)20(28)30/h3-6,9,13-14,17-18,21H,7-8,10-11H2,1-2H3,(H2,25,26,27). The molecule has 1 heterocycles. The minimum atomic E-state index is -2.96. The van der Waals surface area contributed by atoms with Crippen LogP contribution in [0.4, 0.5) is 8.78 Å². The van der Waals surface area contributed by atoms with Crippen molar-refractivity contribution in [1.29, 1.82) is 0 Å². The molecule has 2 fully saturated rings. The second-order valence-electron chi connectivity index (χ2n) is 8.04. The highest BCUT2D eigenvalue weighted by Gasteiger charge is 2.58. The smallest absolute Gasteiger partial charge is 0.387 e. The lowest BCUT2D eigenvalue weighted by Crippen LogP contribution is -2.43. The molecule has 0 aromatic heterocycles. The highest BCUT2D eigenvalue weighted by atomic mass is 19.3. The second-order valence-corrected chi connectivity index (χ2v) is 8.04. The minimum absolute atomic E-state index is 0.0511. The van der Waals surface area contributed by atoms with E-state index in [9.17, 15) is 18.4 Å². The van der Waals surface area contributed by atoms with Crippen molar-refractivity contribution in [2.45, 2.75) is 19.6 Å². The number of nitrogens with zero attached hydrogens (tertiary/aromatic N) is 2. The number of guanidine groups is 1. The van der Waals surface area contributed by atoms with E-state index in [1.807, 2.05) is 0 Å². The highest BCUT2D eigenvalue weighted by molar-refractivity contribution is 6.06. The zero-order valence-corrected chi connectivity index (χ0v) is 17.9. The lowest BCUT2D eigenvalue weighted by atomic mass is 9.85. The molecular weight excluding hydrogens is 422 g/mol. The van der Waals surface area contributed by atoms with Gasteiger partial charge in [-0.2, -0.15) is 8.78 Å². The SMILES string of the molecule is CN=C(NCCN1C(=O)C2C3C=CC(C3)C2C1=O)NCc1ccc(OC)c(OC(F)F)c1. The number of benzene rings is 1. The Bertz CT molecular complexity index is 922. The topological polar surface area (TPSA) is 92.3 Å². The summed E-state index contributed by atoms with van der Waals surface area (Å²) in [6, 6.07) is 4.74. The third-order valence-electron chi connectivity index (χ3n) is 6.32. The molecule has 4 unspecified atom stereocenters. The van der Waals surface area contributed by atoms with E-state index in [1.165, 1.54) is 18.1 Å². The number of ether oxygens (including phenoxy) is 2. The summed E-state index contributed by atoms with van der Waals surface area (Å²) >= 11 is 0. The normalized spacial score (nSPS) is 26.2. The Balaban J connectivity index is 1.28. The maximum atomic E-state index is 12.7. The van der Waals surface area contributed by atoms with Crippen LogP contribution in [-0.4, -0.2) is 56.5 Å². The monoisotopic (exact) mass is 448 g/mol. The van der Waals surface area contributed by atoms with Gasteiger partial charge in [0.05, 0.1) is 18.9 Å². The Hall–Kier alpha value is -3.17. The first-order chi connectivity index (χ1) is 15.4. The average molecular weight is 448 g/mol. The number of amides is 2. The summed E-state index contributed by atoms with van der Waals surface area (Å²) in [5, 5.41) is 6.15. The number of allylic oxidation sites excluding steroid dienone is 2. The van der Waals surface area contributed by atoms with Crippen molar-refractivity contribution in [1.82, 2.24) is 15.5 Å². The first-order valence-corrected chi connectivity index (χ1v) is 10.5. The number of imide groups is 1. The number of carbonyl (C=O) groups excluding carboxylic acids is 2. The number of rotatable bonds is 8. The molecule has 1 aliphatic heterocycles. The van der Waals surface area contributed by atoms with Crippen LogP contribution >= 0.6 is 0 Å². The third kappa shape index (κ3) is 4.13. The number of fused-ring (bicyclic) bond motifs is 5. The van der Waals surface area contributed by atoms with Crippen LogP contribution in [0.3, 0.4) is 0 Å². The van der Waals surface area contributed by atoms with E-state index in [0.29, 0.717) is 24.6 Å². The number of hydrogen-bond donors (Lipinski definition) is 2. The number of carbonyl (C=O) groups is 2. The van der Waals surface area contributed by atoms with E-state index >= 15 is 0 Å². The van der Waals surface area contributed by atoms with Crippen molar-refractivity contribution in [3.05, 3.63) is 35.9 Å². The molecule has 2 amide bonds. The van der Waals surface area contributed by atoms with E-state index in [-0.39, 0.29) is 53.5 Å². The summed E-state index contributed by atoms with van der Waals surface area (Å²) in [5.41, 5.74) is 0.685. The van der Waals surface area contributed by atoms with Crippen molar-refractivity contribution in [2.75, 3.05) is 27.2 Å². The fourth-order valence-electron chi connectivity index (χ4n) is 4.90. The molecule has 2 bridgehead atoms. The molecule has 1 saturated heterocycles. The Morgan fingerprint density at radius 2 is 1.84 bits per heavy atom. The van der Waals surface area contributed by atoms with Crippen LogP contribution in [0.15, 0.2) is 35.3 Å². The maximum Gasteiger partial charge on any atom is 0.387 e. The molecule has 0 spiro atoms. The molecule has 32 heavy (non-hydrogen) atoms. The molecule has 4 rings (SSSR count). The van der Waals surface area contributed by atoms with E-state index in [1.54, 1.807) is 19.2 Å². The number of nitrogens with one attached hydrogen (secondary N) is 2. The van der Waals surface area contributed by atoms with Gasteiger partial charge in [0.2, 0.25) is 11.8 Å². The van der Waals surface area contributed by atoms with Gasteiger partial charge in [-0.3, -0.25) is 19.5 Å². The summed E-state index contributed by atoms with van der Waals surface area (Å²) in [6.45, 7) is -2.05. The molecular formula is C22H26F2N4O4. The lowest BCUT2D eigenvalue weighted by molar-refractivity contribution is -0.140. The molecule has 10 heteroatoms. The summed E-state index contributed by atoms with van der Waals surface area (Å²) < 4.78 is 34.7. The molecule has 1 saturated carbocycles. The molecule has 172 valence electrons. The van der Waals surface area contributed by atoms with E-state index in [4.69, 9.17) is 4.74 Å². The largest absolute Gasteiger partial charge is 0.493 e. The van der Waals surface area contributed by atoms with Gasteiger partial charge in [0.1, 0.15) is 0 Å². The number of alkyl halides is 2. The van der Waals surface area contributed by atoms with Crippen LogP contribution in [0, 0.1) is 23.7 Å². The number of aliphatic imine (C=N–C) groups is 1. The van der Waals surface area contributed by atoms with Gasteiger partial charge in [0.15, 0.2) is 17.5 Å². The van der Waals surface area contributed by atoms with Gasteiger partial charge in [-0.15, -0.1) is 0 Å². The van der Waals surface area contributed by atoms with E-state index in [2.05, 4.69) is 32.5 Å². The van der Waals surface area contributed by atoms with Crippen LogP contribution in [0.2, 0.25) is 0 Å². The highest BCUT2D eigenvalue weighted by Crippen LogP contribution is 2.52. The summed E-state index contributed by atoms with van der Waals surface area (Å²) in [6.07, 6.45) is 5.05. The zero-order chi connectivity index (χ0) is 22.8. The van der Waals surface area contributed by atoms with Crippen LogP contribution in [0.25, 0.3) is 0 Å². The Kier molecular flexibility index (Phi) is 6.29. The average Bonchev–Trinajstić information content (AvgIpc) is 3.45. The van der Waals surface area contributed by atoms with Crippen molar-refractivity contribution >= 4 is 17.8 Å². The molecule has 1 aromatic rings. The van der Waals surface area contributed by atoms with Gasteiger partial charge in [-0.25, -0.2) is 0 Å². The molecule has 2 aliphatic carbocycles. The number of hydrogen-bond acceptors (Lipinski definition) is 5. The van der Waals surface area contributed by atoms with Crippen LogP contribution < -0.4 is 20.1 Å². The summed E-state index contributed by atoms with van der Waals surface area (Å²) in [5.74, 6) is 0.449. The molecule has 4 atom stereocenters. The van der Waals surface area contributed by atoms with Gasteiger partial charge in [0.25, 0.3) is 0 Å². The molecule has 8 nitrogen and oxygen atoms in total. The van der Waals surface area contributed by atoms with Gasteiger partial charge in [0, 0.05) is 26.7 Å². The first kappa shape index (κ1) is 22.0. The van der Waals surface area contributed by atoms with Crippen molar-refractivity contribution in [3.8, 4) is 11.5 Å². The Morgan fingerprint density at radius 1 is 1.16 bits per heavy atom. The molecule has 1 aromatic carbocycles. The fourth-order valence-corrected chi connectivity index (χ4v) is 4.90. The zero-order valence-electron chi connectivity index (χ0n) is 17.9. The number of likely N-dealkylation sites (tertiary alicyclic amines) is 1. The number of halogens is 2. The van der Waals surface area contributed by atoms with Crippen molar-refractivity contribution < 1.29 is 27.8 Å². The van der Waals surface area contributed by atoms with Gasteiger partial charge < -0.3 is 20.1 Å². The van der Waals surface area contributed by atoms with Crippen molar-refractivity contribution in [3.63, 3.8) is 0 Å². The Labute approximate surface area is 184 Å². The van der Waals surface area contributed by atoms with Gasteiger partial charge in [-0.1, -0.05) is 18.2 Å². The van der Waals surface area contributed by atoms with Crippen LogP contribution in [0.5, 0.6) is 11.5 Å².